The Hall–Kier alpha value is -0.560. The van der Waals surface area contributed by atoms with Crippen LogP contribution in [0.5, 0.6) is 0 Å². The van der Waals surface area contributed by atoms with E-state index in [0.717, 1.165) is 12.8 Å². The van der Waals surface area contributed by atoms with E-state index in [-0.39, 0.29) is 5.97 Å². The highest BCUT2D eigenvalue weighted by atomic mass is 35.5. The van der Waals surface area contributed by atoms with Crippen LogP contribution in [0, 0.1) is 0 Å². The molecule has 0 rings (SSSR count). The summed E-state index contributed by atoms with van der Waals surface area (Å²) in [4.78, 5) is 11.9. The maximum Gasteiger partial charge on any atom is 0.305 e. The molecular weight excluding hydrogens is 628 g/mol. The van der Waals surface area contributed by atoms with Crippen LogP contribution in [0.15, 0.2) is 0 Å². The summed E-state index contributed by atoms with van der Waals surface area (Å²) in [5, 5.41) is 0. The molecule has 11 heteroatoms. The lowest BCUT2D eigenvalue weighted by Gasteiger charge is -2.09. The fraction of sp³-hybridized carbons (Fsp3) is 0.972. The number of hydrogen-bond acceptors (Lipinski definition) is 10. The second-order valence-electron chi connectivity index (χ2n) is 11.5. The van der Waals surface area contributed by atoms with Gasteiger partial charge in [-0.15, -0.1) is 11.6 Å². The number of alkyl halides is 1. The predicted octanol–water partition coefficient (Wildman–Crippen LogP) is 7.16. The molecule has 0 bridgehead atoms. The monoisotopic (exact) mass is 698 g/mol. The smallest absolute Gasteiger partial charge is 0.305 e. The lowest BCUT2D eigenvalue weighted by Crippen LogP contribution is -2.15. The van der Waals surface area contributed by atoms with Gasteiger partial charge in [0.1, 0.15) is 6.61 Å². The van der Waals surface area contributed by atoms with Crippen molar-refractivity contribution in [1.82, 2.24) is 0 Å². The minimum absolute atomic E-state index is 0.128. The Labute approximate surface area is 292 Å². The van der Waals surface area contributed by atoms with E-state index in [9.17, 15) is 4.79 Å². The molecule has 0 fully saturated rings. The van der Waals surface area contributed by atoms with Gasteiger partial charge in [-0.1, -0.05) is 96.8 Å². The van der Waals surface area contributed by atoms with Crippen LogP contribution < -0.4 is 0 Å². The van der Waals surface area contributed by atoms with Gasteiger partial charge in [-0.25, -0.2) is 0 Å². The zero-order valence-corrected chi connectivity index (χ0v) is 30.8. The molecule has 0 N–H and O–H groups in total. The Balaban J connectivity index is 3.13. The van der Waals surface area contributed by atoms with E-state index in [1.54, 1.807) is 0 Å². The maximum atomic E-state index is 11.9. The van der Waals surface area contributed by atoms with Crippen LogP contribution >= 0.6 is 11.6 Å². The van der Waals surface area contributed by atoms with Gasteiger partial charge in [-0.2, -0.15) is 0 Å². The molecule has 10 nitrogen and oxygen atoms in total. The quantitative estimate of drug-likeness (QED) is 0.0371. The van der Waals surface area contributed by atoms with Crippen molar-refractivity contribution in [3.63, 3.8) is 0 Å². The van der Waals surface area contributed by atoms with Gasteiger partial charge >= 0.3 is 5.97 Å². The van der Waals surface area contributed by atoms with Crippen LogP contribution in [0.3, 0.4) is 0 Å². The molecule has 0 saturated carbocycles. The molecule has 0 aliphatic rings. The Morgan fingerprint density at radius 3 is 0.915 bits per heavy atom. The molecule has 47 heavy (non-hydrogen) atoms. The summed E-state index contributed by atoms with van der Waals surface area (Å²) in [6, 6.07) is 0. The van der Waals surface area contributed by atoms with E-state index in [2.05, 4.69) is 6.92 Å². The third-order valence-electron chi connectivity index (χ3n) is 7.30. The molecule has 0 amide bonds. The minimum Gasteiger partial charge on any atom is -0.463 e. The molecule has 0 heterocycles. The van der Waals surface area contributed by atoms with Gasteiger partial charge in [0.05, 0.1) is 106 Å². The van der Waals surface area contributed by atoms with E-state index >= 15 is 0 Å². The molecule has 0 atom stereocenters. The average molecular weight is 699 g/mol. The number of esters is 1. The van der Waals surface area contributed by atoms with Crippen molar-refractivity contribution in [1.29, 1.82) is 0 Å². The Morgan fingerprint density at radius 2 is 0.617 bits per heavy atom. The molecule has 0 aliphatic carbocycles. The summed E-state index contributed by atoms with van der Waals surface area (Å²) in [5.41, 5.74) is 0. The second kappa shape index (κ2) is 43.5. The first-order chi connectivity index (χ1) is 23.3. The van der Waals surface area contributed by atoms with Crippen LogP contribution in [0.25, 0.3) is 0 Å². The molecule has 0 saturated heterocycles. The average Bonchev–Trinajstić information content (AvgIpc) is 3.08. The summed E-state index contributed by atoms with van der Waals surface area (Å²) in [5.74, 6) is 0.370. The summed E-state index contributed by atoms with van der Waals surface area (Å²) in [6.45, 7) is 10.7. The Kier molecular flexibility index (Phi) is 42.9. The van der Waals surface area contributed by atoms with Crippen LogP contribution in [-0.4, -0.2) is 124 Å². The predicted molar refractivity (Wildman–Crippen MR) is 188 cm³/mol. The first kappa shape index (κ1) is 46.4. The fourth-order valence-electron chi connectivity index (χ4n) is 4.62. The van der Waals surface area contributed by atoms with E-state index in [1.807, 2.05) is 0 Å². The molecule has 0 aromatic carbocycles. The Bertz CT molecular complexity index is 588. The first-order valence-corrected chi connectivity index (χ1v) is 19.2. The fourth-order valence-corrected chi connectivity index (χ4v) is 4.73. The molecule has 0 aromatic heterocycles. The second-order valence-corrected chi connectivity index (χ2v) is 11.9. The number of rotatable bonds is 42. The van der Waals surface area contributed by atoms with Crippen LogP contribution in [0.1, 0.15) is 110 Å². The van der Waals surface area contributed by atoms with Gasteiger partial charge in [0.15, 0.2) is 0 Å². The van der Waals surface area contributed by atoms with E-state index < -0.39 is 0 Å². The van der Waals surface area contributed by atoms with Gasteiger partial charge in [-0.05, 0) is 6.42 Å². The van der Waals surface area contributed by atoms with E-state index in [1.165, 1.54) is 83.5 Å². The maximum absolute atomic E-state index is 11.9. The SMILES string of the molecule is CCCCCCCCCCCCCCCCCC(=O)OCCOCCOCCOCCOCCOCCOCCOCCOCCCl. The number of halogens is 1. The summed E-state index contributed by atoms with van der Waals surface area (Å²) in [7, 11) is 0. The van der Waals surface area contributed by atoms with Gasteiger partial charge in [0.2, 0.25) is 0 Å². The highest BCUT2D eigenvalue weighted by molar-refractivity contribution is 6.17. The standard InChI is InChI=1S/C36H71ClO10/c1-2-3-4-5-6-7-8-9-10-11-12-13-14-15-16-17-36(38)47-35-34-46-33-32-45-31-30-44-29-28-43-27-26-42-25-24-41-23-22-40-21-20-39-19-18-37/h2-35H2,1H3. The molecule has 0 unspecified atom stereocenters. The van der Waals surface area contributed by atoms with Gasteiger partial charge < -0.3 is 42.6 Å². The summed E-state index contributed by atoms with van der Waals surface area (Å²) < 4.78 is 48.6. The lowest BCUT2D eigenvalue weighted by molar-refractivity contribution is -0.145. The minimum atomic E-state index is -0.128. The Morgan fingerprint density at radius 1 is 0.362 bits per heavy atom. The third kappa shape index (κ3) is 43.4. The van der Waals surface area contributed by atoms with E-state index in [0.29, 0.717) is 125 Å². The molecular formula is C36H71ClO10. The molecule has 282 valence electrons. The number of carbonyl (C=O) groups excluding carboxylic acids is 1. The zero-order valence-electron chi connectivity index (χ0n) is 30.0. The van der Waals surface area contributed by atoms with Crippen molar-refractivity contribution in [3.8, 4) is 0 Å². The largest absolute Gasteiger partial charge is 0.463 e. The van der Waals surface area contributed by atoms with E-state index in [4.69, 9.17) is 54.2 Å². The summed E-state index contributed by atoms with van der Waals surface area (Å²) >= 11 is 5.51. The highest BCUT2D eigenvalue weighted by Crippen LogP contribution is 2.13. The van der Waals surface area contributed by atoms with Crippen molar-refractivity contribution in [2.24, 2.45) is 0 Å². The topological polar surface area (TPSA) is 100 Å². The number of hydrogen-bond donors (Lipinski definition) is 0. The van der Waals surface area contributed by atoms with Crippen molar-refractivity contribution >= 4 is 17.6 Å². The van der Waals surface area contributed by atoms with Crippen LogP contribution in [0.2, 0.25) is 0 Å². The molecule has 0 aliphatic heterocycles. The van der Waals surface area contributed by atoms with Crippen LogP contribution in [-0.2, 0) is 47.4 Å². The highest BCUT2D eigenvalue weighted by Gasteiger charge is 2.03. The molecule has 0 radical (unpaired) electrons. The van der Waals surface area contributed by atoms with Crippen LogP contribution in [0.4, 0.5) is 0 Å². The number of unbranched alkanes of at least 4 members (excludes halogenated alkanes) is 14. The normalized spacial score (nSPS) is 11.4. The molecule has 0 aromatic rings. The lowest BCUT2D eigenvalue weighted by atomic mass is 10.0. The van der Waals surface area contributed by atoms with Gasteiger partial charge in [0.25, 0.3) is 0 Å². The van der Waals surface area contributed by atoms with Gasteiger partial charge in [-0.3, -0.25) is 4.79 Å². The van der Waals surface area contributed by atoms with Crippen molar-refractivity contribution in [2.45, 2.75) is 110 Å². The number of carbonyl (C=O) groups is 1. The zero-order chi connectivity index (χ0) is 34.0. The summed E-state index contributed by atoms with van der Waals surface area (Å²) in [6.07, 6.45) is 20.3. The first-order valence-electron chi connectivity index (χ1n) is 18.6. The van der Waals surface area contributed by atoms with Gasteiger partial charge in [0, 0.05) is 12.3 Å². The van der Waals surface area contributed by atoms with Crippen molar-refractivity contribution in [3.05, 3.63) is 0 Å². The van der Waals surface area contributed by atoms with Crippen molar-refractivity contribution < 1.29 is 47.4 Å². The molecule has 0 spiro atoms. The number of ether oxygens (including phenoxy) is 9. The third-order valence-corrected chi connectivity index (χ3v) is 7.46. The van der Waals surface area contributed by atoms with Crippen molar-refractivity contribution in [2.75, 3.05) is 118 Å².